The number of unbranched alkanes of at least 4 members (excludes halogenated alkanes) is 2. The minimum atomic E-state index is 1.05. The monoisotopic (exact) mass is 182 g/mol. The predicted molar refractivity (Wildman–Crippen MR) is 54.5 cm³/mol. The molecule has 0 aliphatic rings. The summed E-state index contributed by atoms with van der Waals surface area (Å²) in [5, 5.41) is 1.19. The molecule has 1 radical (unpaired) electrons. The third-order valence-electron chi connectivity index (χ3n) is 1.90. The molecule has 67 valence electrons. The summed E-state index contributed by atoms with van der Waals surface area (Å²) in [6.07, 6.45) is 4.73. The van der Waals surface area contributed by atoms with Crippen molar-refractivity contribution < 1.29 is 0 Å². The molecule has 0 aliphatic carbocycles. The van der Waals surface area contributed by atoms with Gasteiger partial charge in [-0.2, -0.15) is 0 Å². The maximum Gasteiger partial charge on any atom is 0.0900 e. The van der Waals surface area contributed by atoms with Crippen molar-refractivity contribution in [2.75, 3.05) is 0 Å². The van der Waals surface area contributed by atoms with Gasteiger partial charge in [-0.3, -0.25) is 0 Å². The minimum Gasteiger partial charge on any atom is -0.247 e. The van der Waals surface area contributed by atoms with Crippen molar-refractivity contribution in [3.8, 4) is 0 Å². The number of thiazole rings is 1. The van der Waals surface area contributed by atoms with Crippen molar-refractivity contribution in [3.63, 3.8) is 0 Å². The fourth-order valence-corrected chi connectivity index (χ4v) is 2.25. The topological polar surface area (TPSA) is 12.9 Å². The van der Waals surface area contributed by atoms with Gasteiger partial charge >= 0.3 is 0 Å². The van der Waals surface area contributed by atoms with E-state index in [0.717, 1.165) is 6.42 Å². The molecule has 0 atom stereocenters. The van der Waals surface area contributed by atoms with Crippen LogP contribution in [-0.4, -0.2) is 4.98 Å². The summed E-state index contributed by atoms with van der Waals surface area (Å²) in [4.78, 5) is 5.85. The third kappa shape index (κ3) is 2.59. The Bertz CT molecular complexity index is 240. The van der Waals surface area contributed by atoms with Crippen LogP contribution in [-0.2, 0) is 6.42 Å². The maximum absolute atomic E-state index is 4.39. The summed E-state index contributed by atoms with van der Waals surface area (Å²) in [6, 6.07) is 0. The zero-order chi connectivity index (χ0) is 8.97. The Balaban J connectivity index is 2.45. The normalized spacial score (nSPS) is 10.6. The van der Waals surface area contributed by atoms with Crippen molar-refractivity contribution in [3.05, 3.63) is 22.5 Å². The maximum atomic E-state index is 4.39. The SMILES string of the molecule is [CH2]CCCCc1sc(C)nc1C. The second kappa shape index (κ2) is 4.61. The Morgan fingerprint density at radius 2 is 2.08 bits per heavy atom. The molecule has 1 aromatic rings. The lowest BCUT2D eigenvalue weighted by Gasteiger charge is -1.96. The second-order valence-electron chi connectivity index (χ2n) is 3.05. The lowest BCUT2D eigenvalue weighted by molar-refractivity contribution is 0.749. The van der Waals surface area contributed by atoms with Crippen LogP contribution in [0.25, 0.3) is 0 Å². The molecule has 1 heterocycles. The largest absolute Gasteiger partial charge is 0.247 e. The van der Waals surface area contributed by atoms with E-state index in [2.05, 4.69) is 25.8 Å². The van der Waals surface area contributed by atoms with E-state index >= 15 is 0 Å². The van der Waals surface area contributed by atoms with Crippen molar-refractivity contribution in [2.45, 2.75) is 39.5 Å². The molecule has 0 unspecified atom stereocenters. The van der Waals surface area contributed by atoms with Crippen LogP contribution in [0.15, 0.2) is 0 Å². The van der Waals surface area contributed by atoms with E-state index in [9.17, 15) is 0 Å². The van der Waals surface area contributed by atoms with Crippen LogP contribution >= 0.6 is 11.3 Å². The van der Waals surface area contributed by atoms with Gasteiger partial charge in [-0.05, 0) is 26.7 Å². The number of hydrogen-bond donors (Lipinski definition) is 0. The molecule has 0 aliphatic heterocycles. The second-order valence-corrected chi connectivity index (χ2v) is 4.34. The highest BCUT2D eigenvalue weighted by Crippen LogP contribution is 2.19. The quantitative estimate of drug-likeness (QED) is 0.651. The van der Waals surface area contributed by atoms with Gasteiger partial charge in [-0.25, -0.2) is 4.98 Å². The zero-order valence-electron chi connectivity index (χ0n) is 7.89. The molecule has 1 aromatic heterocycles. The average molecular weight is 182 g/mol. The molecule has 0 spiro atoms. The van der Waals surface area contributed by atoms with Crippen LogP contribution in [0.2, 0.25) is 0 Å². The van der Waals surface area contributed by atoms with E-state index in [1.165, 1.54) is 34.8 Å². The van der Waals surface area contributed by atoms with Crippen LogP contribution in [0.1, 0.15) is 34.8 Å². The molecule has 0 saturated heterocycles. The van der Waals surface area contributed by atoms with Crippen molar-refractivity contribution in [1.29, 1.82) is 0 Å². The first-order chi connectivity index (χ1) is 5.74. The van der Waals surface area contributed by atoms with Gasteiger partial charge in [0.2, 0.25) is 0 Å². The smallest absolute Gasteiger partial charge is 0.0900 e. The fourth-order valence-electron chi connectivity index (χ4n) is 1.27. The van der Waals surface area contributed by atoms with Crippen LogP contribution < -0.4 is 0 Å². The number of rotatable bonds is 4. The van der Waals surface area contributed by atoms with Gasteiger partial charge in [0.25, 0.3) is 0 Å². The molecule has 2 heteroatoms. The summed E-state index contributed by atoms with van der Waals surface area (Å²) in [5.41, 5.74) is 1.22. The highest BCUT2D eigenvalue weighted by atomic mass is 32.1. The Labute approximate surface area is 78.8 Å². The van der Waals surface area contributed by atoms with Gasteiger partial charge in [0.15, 0.2) is 0 Å². The molecular formula is C10H16NS. The van der Waals surface area contributed by atoms with Crippen LogP contribution in [0.5, 0.6) is 0 Å². The lowest BCUT2D eigenvalue weighted by Crippen LogP contribution is -1.84. The highest BCUT2D eigenvalue weighted by molar-refractivity contribution is 7.11. The molecule has 0 fully saturated rings. The van der Waals surface area contributed by atoms with Crippen molar-refractivity contribution >= 4 is 11.3 Å². The van der Waals surface area contributed by atoms with Gasteiger partial charge in [0.05, 0.1) is 10.7 Å². The van der Waals surface area contributed by atoms with Crippen LogP contribution in [0.3, 0.4) is 0 Å². The van der Waals surface area contributed by atoms with E-state index in [1.807, 2.05) is 11.3 Å². The predicted octanol–water partition coefficient (Wildman–Crippen LogP) is 3.31. The fraction of sp³-hybridized carbons (Fsp3) is 0.600. The van der Waals surface area contributed by atoms with Crippen LogP contribution in [0, 0.1) is 20.8 Å². The van der Waals surface area contributed by atoms with Crippen molar-refractivity contribution in [2.24, 2.45) is 0 Å². The highest BCUT2D eigenvalue weighted by Gasteiger charge is 2.02. The average Bonchev–Trinajstić information content (AvgIpc) is 2.31. The third-order valence-corrected chi connectivity index (χ3v) is 3.04. The van der Waals surface area contributed by atoms with Gasteiger partial charge in [0, 0.05) is 4.88 Å². The number of aromatic nitrogens is 1. The van der Waals surface area contributed by atoms with E-state index in [4.69, 9.17) is 0 Å². The van der Waals surface area contributed by atoms with Crippen LogP contribution in [0.4, 0.5) is 0 Å². The first-order valence-corrected chi connectivity index (χ1v) is 5.28. The molecule has 0 amide bonds. The summed E-state index contributed by atoms with van der Waals surface area (Å²) in [5.74, 6) is 0. The number of nitrogens with zero attached hydrogens (tertiary/aromatic N) is 1. The molecule has 0 saturated carbocycles. The Hall–Kier alpha value is -0.370. The minimum absolute atomic E-state index is 1.05. The van der Waals surface area contributed by atoms with E-state index in [0.29, 0.717) is 0 Å². The summed E-state index contributed by atoms with van der Waals surface area (Å²) >= 11 is 1.83. The van der Waals surface area contributed by atoms with Gasteiger partial charge in [-0.1, -0.05) is 19.8 Å². The standard InChI is InChI=1S/C10H16NS/c1-4-5-6-7-10-8(2)11-9(3)12-10/h1,4-7H2,2-3H3. The Morgan fingerprint density at radius 3 is 2.58 bits per heavy atom. The Kier molecular flexibility index (Phi) is 3.73. The number of hydrogen-bond acceptors (Lipinski definition) is 2. The summed E-state index contributed by atoms with van der Waals surface area (Å²) in [6.45, 7) is 8.00. The molecule has 0 N–H and O–H groups in total. The van der Waals surface area contributed by atoms with E-state index in [-0.39, 0.29) is 0 Å². The van der Waals surface area contributed by atoms with E-state index < -0.39 is 0 Å². The molecule has 0 aromatic carbocycles. The first-order valence-electron chi connectivity index (χ1n) is 4.46. The summed E-state index contributed by atoms with van der Waals surface area (Å²) < 4.78 is 0. The van der Waals surface area contributed by atoms with Crippen molar-refractivity contribution in [1.82, 2.24) is 4.98 Å². The Morgan fingerprint density at radius 1 is 1.33 bits per heavy atom. The molecule has 1 rings (SSSR count). The number of aryl methyl sites for hydroxylation is 3. The molecule has 0 bridgehead atoms. The zero-order valence-corrected chi connectivity index (χ0v) is 8.71. The van der Waals surface area contributed by atoms with E-state index in [1.54, 1.807) is 0 Å². The van der Waals surface area contributed by atoms with Gasteiger partial charge in [-0.15, -0.1) is 11.3 Å². The molecular weight excluding hydrogens is 166 g/mol. The van der Waals surface area contributed by atoms with Gasteiger partial charge in [0.1, 0.15) is 0 Å². The van der Waals surface area contributed by atoms with Gasteiger partial charge < -0.3 is 0 Å². The molecule has 12 heavy (non-hydrogen) atoms. The lowest BCUT2D eigenvalue weighted by atomic mass is 10.2. The molecule has 1 nitrogen and oxygen atoms in total. The first kappa shape index (κ1) is 9.72. The summed E-state index contributed by atoms with van der Waals surface area (Å²) in [7, 11) is 0.